The van der Waals surface area contributed by atoms with Gasteiger partial charge in [0.1, 0.15) is 17.6 Å². The minimum Gasteiger partial charge on any atom is -0.463 e. The lowest BCUT2D eigenvalue weighted by Gasteiger charge is -2.18. The topological polar surface area (TPSA) is 59.4 Å². The molecule has 86 valence electrons. The van der Waals surface area contributed by atoms with Crippen LogP contribution in [0, 0.1) is 5.92 Å². The van der Waals surface area contributed by atoms with Gasteiger partial charge in [-0.25, -0.2) is 0 Å². The molecule has 3 N–H and O–H groups in total. The first-order valence-corrected chi connectivity index (χ1v) is 5.69. The first kappa shape index (κ1) is 12.3. The van der Waals surface area contributed by atoms with Crippen LogP contribution in [0.5, 0.6) is 0 Å². The average molecular weight is 211 g/mol. The van der Waals surface area contributed by atoms with Crippen molar-refractivity contribution in [3.63, 3.8) is 0 Å². The van der Waals surface area contributed by atoms with E-state index >= 15 is 0 Å². The Labute approximate surface area is 91.3 Å². The first-order chi connectivity index (χ1) is 7.22. The molecule has 0 radical (unpaired) electrons. The maximum Gasteiger partial charge on any atom is 0.133 e. The molecule has 0 aliphatic rings. The van der Waals surface area contributed by atoms with Crippen LogP contribution in [0.25, 0.3) is 0 Å². The Morgan fingerprint density at radius 1 is 1.40 bits per heavy atom. The van der Waals surface area contributed by atoms with Crippen molar-refractivity contribution in [1.82, 2.24) is 0 Å². The van der Waals surface area contributed by atoms with E-state index in [2.05, 4.69) is 6.92 Å². The largest absolute Gasteiger partial charge is 0.463 e. The maximum absolute atomic E-state index is 10.0. The second-order valence-corrected chi connectivity index (χ2v) is 3.89. The minimum absolute atomic E-state index is 0.103. The number of aryl methyl sites for hydroxylation is 1. The van der Waals surface area contributed by atoms with Crippen LogP contribution in [0.3, 0.4) is 0 Å². The molecule has 2 unspecified atom stereocenters. The van der Waals surface area contributed by atoms with Crippen LogP contribution < -0.4 is 5.73 Å². The monoisotopic (exact) mass is 211 g/mol. The molecule has 1 aromatic heterocycles. The number of furan rings is 1. The molecule has 1 heterocycles. The van der Waals surface area contributed by atoms with Crippen molar-refractivity contribution >= 4 is 0 Å². The normalized spacial score (nSPS) is 15.2. The Kier molecular flexibility index (Phi) is 4.85. The molecule has 0 bridgehead atoms. The maximum atomic E-state index is 10.0. The molecule has 0 fully saturated rings. The quantitative estimate of drug-likeness (QED) is 0.758. The number of hydrogen-bond donors (Lipinski definition) is 2. The Balaban J connectivity index is 2.68. The van der Waals surface area contributed by atoms with Crippen molar-refractivity contribution in [1.29, 1.82) is 0 Å². The van der Waals surface area contributed by atoms with Gasteiger partial charge in [0.15, 0.2) is 0 Å². The smallest absolute Gasteiger partial charge is 0.133 e. The van der Waals surface area contributed by atoms with Gasteiger partial charge in [-0.05, 0) is 25.1 Å². The predicted molar refractivity (Wildman–Crippen MR) is 60.5 cm³/mol. The summed E-state index contributed by atoms with van der Waals surface area (Å²) in [7, 11) is 0. The van der Waals surface area contributed by atoms with E-state index in [-0.39, 0.29) is 5.92 Å². The summed E-state index contributed by atoms with van der Waals surface area (Å²) >= 11 is 0. The van der Waals surface area contributed by atoms with Crippen LogP contribution >= 0.6 is 0 Å². The molecule has 1 rings (SSSR count). The zero-order valence-electron chi connectivity index (χ0n) is 9.57. The summed E-state index contributed by atoms with van der Waals surface area (Å²) in [5, 5.41) is 10.0. The van der Waals surface area contributed by atoms with Crippen LogP contribution in [-0.4, -0.2) is 11.7 Å². The van der Waals surface area contributed by atoms with E-state index in [0.717, 1.165) is 25.0 Å². The van der Waals surface area contributed by atoms with Crippen molar-refractivity contribution in [2.45, 2.75) is 39.2 Å². The molecule has 3 nitrogen and oxygen atoms in total. The van der Waals surface area contributed by atoms with Gasteiger partial charge >= 0.3 is 0 Å². The zero-order chi connectivity index (χ0) is 11.3. The van der Waals surface area contributed by atoms with Crippen LogP contribution in [0.2, 0.25) is 0 Å². The number of aliphatic hydroxyl groups is 1. The summed E-state index contributed by atoms with van der Waals surface area (Å²) in [6.45, 7) is 4.62. The molecular weight excluding hydrogens is 190 g/mol. The minimum atomic E-state index is -0.560. The molecule has 0 saturated heterocycles. The van der Waals surface area contributed by atoms with Gasteiger partial charge in [-0.1, -0.05) is 20.3 Å². The van der Waals surface area contributed by atoms with Crippen LogP contribution in [0.1, 0.15) is 44.3 Å². The van der Waals surface area contributed by atoms with Gasteiger partial charge in [0.2, 0.25) is 0 Å². The lowest BCUT2D eigenvalue weighted by atomic mass is 9.96. The van der Waals surface area contributed by atoms with Crippen molar-refractivity contribution in [2.75, 3.05) is 6.54 Å². The Morgan fingerprint density at radius 3 is 2.60 bits per heavy atom. The summed E-state index contributed by atoms with van der Waals surface area (Å²) in [6, 6.07) is 3.76. The third-order valence-corrected chi connectivity index (χ3v) is 2.73. The van der Waals surface area contributed by atoms with Crippen LogP contribution in [0.4, 0.5) is 0 Å². The molecule has 15 heavy (non-hydrogen) atoms. The fraction of sp³-hybridized carbons (Fsp3) is 0.667. The van der Waals surface area contributed by atoms with Gasteiger partial charge in [-0.3, -0.25) is 0 Å². The third kappa shape index (κ3) is 3.08. The SMILES string of the molecule is CCCC(CN)C(O)c1ccc(CC)o1. The highest BCUT2D eigenvalue weighted by Crippen LogP contribution is 2.26. The van der Waals surface area contributed by atoms with E-state index in [0.29, 0.717) is 12.3 Å². The summed E-state index contributed by atoms with van der Waals surface area (Å²) < 4.78 is 5.52. The molecule has 0 aromatic carbocycles. The molecule has 1 aromatic rings. The molecule has 0 aliphatic heterocycles. The standard InChI is InChI=1S/C12H21NO2/c1-3-5-9(8-13)12(14)11-7-6-10(4-2)15-11/h6-7,9,12,14H,3-5,8,13H2,1-2H3. The van der Waals surface area contributed by atoms with Gasteiger partial charge in [-0.15, -0.1) is 0 Å². The summed E-state index contributed by atoms with van der Waals surface area (Å²) in [5.41, 5.74) is 5.63. The lowest BCUT2D eigenvalue weighted by molar-refractivity contribution is 0.0834. The van der Waals surface area contributed by atoms with Gasteiger partial charge < -0.3 is 15.3 Å². The second kappa shape index (κ2) is 5.93. The lowest BCUT2D eigenvalue weighted by Crippen LogP contribution is -2.21. The van der Waals surface area contributed by atoms with Gasteiger partial charge in [0.25, 0.3) is 0 Å². The summed E-state index contributed by atoms with van der Waals surface area (Å²) in [4.78, 5) is 0. The van der Waals surface area contributed by atoms with Crippen molar-refractivity contribution < 1.29 is 9.52 Å². The van der Waals surface area contributed by atoms with Crippen LogP contribution in [0.15, 0.2) is 16.5 Å². The van der Waals surface area contributed by atoms with Crippen LogP contribution in [-0.2, 0) is 6.42 Å². The van der Waals surface area contributed by atoms with Gasteiger partial charge in [0, 0.05) is 12.3 Å². The number of hydrogen-bond acceptors (Lipinski definition) is 3. The third-order valence-electron chi connectivity index (χ3n) is 2.73. The fourth-order valence-electron chi connectivity index (χ4n) is 1.75. The summed E-state index contributed by atoms with van der Waals surface area (Å²) in [5.74, 6) is 1.66. The zero-order valence-corrected chi connectivity index (χ0v) is 9.57. The predicted octanol–water partition coefficient (Wildman–Crippen LogP) is 2.25. The molecule has 2 atom stereocenters. The first-order valence-electron chi connectivity index (χ1n) is 5.69. The summed E-state index contributed by atoms with van der Waals surface area (Å²) in [6.07, 6.45) is 2.25. The van der Waals surface area contributed by atoms with E-state index in [1.807, 2.05) is 19.1 Å². The average Bonchev–Trinajstić information content (AvgIpc) is 2.73. The Hall–Kier alpha value is -0.800. The van der Waals surface area contributed by atoms with Crippen molar-refractivity contribution in [3.8, 4) is 0 Å². The van der Waals surface area contributed by atoms with E-state index < -0.39 is 6.10 Å². The highest BCUT2D eigenvalue weighted by atomic mass is 16.4. The molecule has 0 aliphatic carbocycles. The molecule has 3 heteroatoms. The Bertz CT molecular complexity index is 283. The highest BCUT2D eigenvalue weighted by molar-refractivity contribution is 5.10. The number of aliphatic hydroxyl groups excluding tert-OH is 1. The van der Waals surface area contributed by atoms with E-state index in [4.69, 9.17) is 10.2 Å². The Morgan fingerprint density at radius 2 is 2.13 bits per heavy atom. The van der Waals surface area contributed by atoms with E-state index in [9.17, 15) is 5.11 Å². The second-order valence-electron chi connectivity index (χ2n) is 3.89. The van der Waals surface area contributed by atoms with Gasteiger partial charge in [-0.2, -0.15) is 0 Å². The van der Waals surface area contributed by atoms with Crippen molar-refractivity contribution in [2.24, 2.45) is 11.7 Å². The molecular formula is C12H21NO2. The molecule has 0 amide bonds. The fourth-order valence-corrected chi connectivity index (χ4v) is 1.75. The van der Waals surface area contributed by atoms with Gasteiger partial charge in [0.05, 0.1) is 0 Å². The highest BCUT2D eigenvalue weighted by Gasteiger charge is 2.21. The number of nitrogens with two attached hydrogens (primary N) is 1. The number of rotatable bonds is 6. The van der Waals surface area contributed by atoms with E-state index in [1.165, 1.54) is 0 Å². The van der Waals surface area contributed by atoms with Crippen molar-refractivity contribution in [3.05, 3.63) is 23.7 Å². The van der Waals surface area contributed by atoms with E-state index in [1.54, 1.807) is 0 Å². The molecule has 0 spiro atoms. The molecule has 0 saturated carbocycles.